The van der Waals surface area contributed by atoms with Gasteiger partial charge in [0.25, 0.3) is 5.91 Å². The third-order valence-electron chi connectivity index (χ3n) is 4.03. The van der Waals surface area contributed by atoms with Crippen LogP contribution in [-0.4, -0.2) is 17.9 Å². The van der Waals surface area contributed by atoms with Crippen molar-refractivity contribution in [3.05, 3.63) is 78.9 Å². The lowest BCUT2D eigenvalue weighted by Gasteiger charge is -2.15. The summed E-state index contributed by atoms with van der Waals surface area (Å²) in [5.74, 6) is 0.119. The minimum atomic E-state index is -0.697. The summed E-state index contributed by atoms with van der Waals surface area (Å²) in [6.07, 6.45) is -0.697. The second-order valence-electron chi connectivity index (χ2n) is 6.54. The van der Waals surface area contributed by atoms with Crippen LogP contribution in [0.2, 0.25) is 0 Å². The number of ether oxygens (including phenoxy) is 1. The van der Waals surface area contributed by atoms with Gasteiger partial charge in [0.05, 0.1) is 11.4 Å². The van der Waals surface area contributed by atoms with Crippen molar-refractivity contribution in [2.75, 3.05) is 10.6 Å². The molecular formula is C23H22N4O3. The summed E-state index contributed by atoms with van der Waals surface area (Å²) in [5, 5.41) is 13.8. The fourth-order valence-corrected chi connectivity index (χ4v) is 2.54. The van der Waals surface area contributed by atoms with E-state index in [-0.39, 0.29) is 11.8 Å². The highest BCUT2D eigenvalue weighted by Crippen LogP contribution is 2.22. The molecule has 0 saturated carbocycles. The highest BCUT2D eigenvalue weighted by atomic mass is 16.5. The number of benzene rings is 3. The number of azo groups is 1. The van der Waals surface area contributed by atoms with Crippen molar-refractivity contribution in [1.29, 1.82) is 0 Å². The van der Waals surface area contributed by atoms with Crippen molar-refractivity contribution in [3.8, 4) is 5.75 Å². The van der Waals surface area contributed by atoms with Gasteiger partial charge in [-0.3, -0.25) is 9.59 Å². The predicted molar refractivity (Wildman–Crippen MR) is 117 cm³/mol. The first-order valence-electron chi connectivity index (χ1n) is 9.41. The fourth-order valence-electron chi connectivity index (χ4n) is 2.54. The number of rotatable bonds is 7. The highest BCUT2D eigenvalue weighted by molar-refractivity contribution is 5.94. The lowest BCUT2D eigenvalue weighted by molar-refractivity contribution is -0.122. The summed E-state index contributed by atoms with van der Waals surface area (Å²) in [6, 6.07) is 23.3. The molecule has 0 aliphatic carbocycles. The summed E-state index contributed by atoms with van der Waals surface area (Å²) in [7, 11) is 0. The van der Waals surface area contributed by atoms with Gasteiger partial charge >= 0.3 is 0 Å². The molecule has 7 nitrogen and oxygen atoms in total. The SMILES string of the molecule is CC(=O)Nc1ccc(NC(=O)[C@H](C)Oc2ccc(N=Nc3ccccc3)cc2)cc1. The van der Waals surface area contributed by atoms with Gasteiger partial charge in [0, 0.05) is 18.3 Å². The molecule has 1 atom stereocenters. The highest BCUT2D eigenvalue weighted by Gasteiger charge is 2.15. The van der Waals surface area contributed by atoms with E-state index in [0.29, 0.717) is 22.8 Å². The van der Waals surface area contributed by atoms with E-state index in [0.717, 1.165) is 5.69 Å². The Bertz CT molecular complexity index is 1020. The molecule has 3 aromatic rings. The Hall–Kier alpha value is -4.00. The first-order valence-corrected chi connectivity index (χ1v) is 9.41. The smallest absolute Gasteiger partial charge is 0.265 e. The van der Waals surface area contributed by atoms with E-state index in [1.807, 2.05) is 30.3 Å². The molecule has 152 valence electrons. The number of nitrogens with one attached hydrogen (secondary N) is 2. The van der Waals surface area contributed by atoms with Crippen molar-refractivity contribution in [3.63, 3.8) is 0 Å². The maximum Gasteiger partial charge on any atom is 0.265 e. The molecule has 0 saturated heterocycles. The average molecular weight is 402 g/mol. The van der Waals surface area contributed by atoms with Crippen LogP contribution < -0.4 is 15.4 Å². The number of nitrogens with zero attached hydrogens (tertiary/aromatic N) is 2. The standard InChI is InChI=1S/C23H22N4O3/c1-16(23(29)25-19-10-8-18(9-11-19)24-17(2)28)30-22-14-12-21(13-15-22)27-26-20-6-4-3-5-7-20/h3-16H,1-2H3,(H,24,28)(H,25,29)/t16-/m0/s1. The van der Waals surface area contributed by atoms with E-state index in [4.69, 9.17) is 4.74 Å². The Morgan fingerprint density at radius 3 is 1.87 bits per heavy atom. The largest absolute Gasteiger partial charge is 0.481 e. The average Bonchev–Trinajstić information content (AvgIpc) is 2.75. The molecule has 30 heavy (non-hydrogen) atoms. The third-order valence-corrected chi connectivity index (χ3v) is 4.03. The Morgan fingerprint density at radius 2 is 1.30 bits per heavy atom. The molecule has 0 spiro atoms. The molecular weight excluding hydrogens is 380 g/mol. The zero-order valence-corrected chi connectivity index (χ0v) is 16.7. The lowest BCUT2D eigenvalue weighted by Crippen LogP contribution is -2.30. The van der Waals surface area contributed by atoms with E-state index < -0.39 is 6.10 Å². The van der Waals surface area contributed by atoms with Gasteiger partial charge in [0.2, 0.25) is 5.91 Å². The Balaban J connectivity index is 1.53. The van der Waals surface area contributed by atoms with Crippen molar-refractivity contribution < 1.29 is 14.3 Å². The molecule has 0 fully saturated rings. The summed E-state index contributed by atoms with van der Waals surface area (Å²) < 4.78 is 5.70. The molecule has 0 unspecified atom stereocenters. The van der Waals surface area contributed by atoms with Gasteiger partial charge in [0.1, 0.15) is 5.75 Å². The first-order chi connectivity index (χ1) is 14.5. The molecule has 3 rings (SSSR count). The van der Waals surface area contributed by atoms with Gasteiger partial charge in [-0.2, -0.15) is 10.2 Å². The third kappa shape index (κ3) is 6.27. The van der Waals surface area contributed by atoms with Crippen LogP contribution in [0.4, 0.5) is 22.7 Å². The Morgan fingerprint density at radius 1 is 0.767 bits per heavy atom. The van der Waals surface area contributed by atoms with Gasteiger partial charge in [-0.25, -0.2) is 0 Å². The molecule has 0 aromatic heterocycles. The van der Waals surface area contributed by atoms with Crippen LogP contribution in [0.25, 0.3) is 0 Å². The molecule has 3 aromatic carbocycles. The topological polar surface area (TPSA) is 92.2 Å². The first kappa shape index (κ1) is 20.7. The normalized spacial score (nSPS) is 11.7. The molecule has 7 heteroatoms. The Labute approximate surface area is 174 Å². The van der Waals surface area contributed by atoms with Crippen molar-refractivity contribution in [1.82, 2.24) is 0 Å². The quantitative estimate of drug-likeness (QED) is 0.514. The van der Waals surface area contributed by atoms with E-state index in [1.54, 1.807) is 55.5 Å². The van der Waals surface area contributed by atoms with Gasteiger partial charge < -0.3 is 15.4 Å². The molecule has 0 heterocycles. The van der Waals surface area contributed by atoms with Crippen LogP contribution in [0.5, 0.6) is 5.75 Å². The monoisotopic (exact) mass is 402 g/mol. The summed E-state index contributed by atoms with van der Waals surface area (Å²) in [5.41, 5.74) is 2.73. The zero-order valence-electron chi connectivity index (χ0n) is 16.7. The minimum absolute atomic E-state index is 0.152. The maximum atomic E-state index is 12.4. The van der Waals surface area contributed by atoms with E-state index >= 15 is 0 Å². The number of amides is 2. The van der Waals surface area contributed by atoms with E-state index in [9.17, 15) is 9.59 Å². The van der Waals surface area contributed by atoms with Gasteiger partial charge in [-0.1, -0.05) is 18.2 Å². The van der Waals surface area contributed by atoms with Crippen LogP contribution in [-0.2, 0) is 9.59 Å². The number of carbonyl (C=O) groups is 2. The van der Waals surface area contributed by atoms with Crippen LogP contribution in [0.15, 0.2) is 89.1 Å². The Kier molecular flexibility index (Phi) is 6.89. The number of hydrogen-bond donors (Lipinski definition) is 2. The minimum Gasteiger partial charge on any atom is -0.481 e. The van der Waals surface area contributed by atoms with Crippen molar-refractivity contribution in [2.45, 2.75) is 20.0 Å². The summed E-state index contributed by atoms with van der Waals surface area (Å²) in [4.78, 5) is 23.4. The lowest BCUT2D eigenvalue weighted by atomic mass is 10.2. The number of anilines is 2. The zero-order chi connectivity index (χ0) is 21.3. The maximum absolute atomic E-state index is 12.4. The molecule has 2 amide bonds. The van der Waals surface area contributed by atoms with Crippen molar-refractivity contribution in [2.24, 2.45) is 10.2 Å². The number of hydrogen-bond acceptors (Lipinski definition) is 5. The van der Waals surface area contributed by atoms with Gasteiger partial charge in [0.15, 0.2) is 6.10 Å². The van der Waals surface area contributed by atoms with Crippen LogP contribution in [0.1, 0.15) is 13.8 Å². The predicted octanol–water partition coefficient (Wildman–Crippen LogP) is 5.47. The van der Waals surface area contributed by atoms with E-state index in [1.165, 1.54) is 6.92 Å². The van der Waals surface area contributed by atoms with Crippen molar-refractivity contribution >= 4 is 34.6 Å². The second kappa shape index (κ2) is 9.97. The summed E-state index contributed by atoms with van der Waals surface area (Å²) >= 11 is 0. The molecule has 0 aliphatic rings. The van der Waals surface area contributed by atoms with E-state index in [2.05, 4.69) is 20.9 Å². The summed E-state index contributed by atoms with van der Waals surface area (Å²) in [6.45, 7) is 3.11. The van der Waals surface area contributed by atoms with Gasteiger partial charge in [-0.05, 0) is 67.6 Å². The number of carbonyl (C=O) groups excluding carboxylic acids is 2. The molecule has 0 bridgehead atoms. The van der Waals surface area contributed by atoms with Crippen LogP contribution >= 0.6 is 0 Å². The fraction of sp³-hybridized carbons (Fsp3) is 0.130. The van der Waals surface area contributed by atoms with Crippen LogP contribution in [0.3, 0.4) is 0 Å². The van der Waals surface area contributed by atoms with Gasteiger partial charge in [-0.15, -0.1) is 0 Å². The molecule has 0 aliphatic heterocycles. The van der Waals surface area contributed by atoms with Crippen LogP contribution in [0, 0.1) is 0 Å². The second-order valence-corrected chi connectivity index (χ2v) is 6.54. The molecule has 0 radical (unpaired) electrons. The molecule has 2 N–H and O–H groups in total.